The maximum absolute atomic E-state index is 12.6. The second kappa shape index (κ2) is 7.91. The number of para-hydroxylation sites is 1. The zero-order valence-electron chi connectivity index (χ0n) is 14.1. The number of aryl methyl sites for hydroxylation is 2. The molecule has 138 valence electrons. The topological polar surface area (TPSA) is 74.6 Å². The molecule has 0 radical (unpaired) electrons. The van der Waals surface area contributed by atoms with Crippen molar-refractivity contribution in [2.75, 3.05) is 0 Å². The predicted molar refractivity (Wildman–Crippen MR) is 90.7 cm³/mol. The summed E-state index contributed by atoms with van der Waals surface area (Å²) >= 11 is 0. The number of ether oxygens (including phenoxy) is 1. The van der Waals surface area contributed by atoms with E-state index in [9.17, 15) is 13.2 Å². The molecule has 3 aromatic rings. The van der Waals surface area contributed by atoms with Crippen molar-refractivity contribution in [2.45, 2.75) is 25.6 Å². The Bertz CT molecular complexity index is 943. The van der Waals surface area contributed by atoms with Gasteiger partial charge in [-0.2, -0.15) is 28.7 Å². The van der Waals surface area contributed by atoms with Crippen molar-refractivity contribution in [3.8, 4) is 11.8 Å². The first kappa shape index (κ1) is 18.5. The minimum absolute atomic E-state index is 0.155. The number of aromatic nitrogens is 3. The number of nitriles is 1. The van der Waals surface area contributed by atoms with Crippen LogP contribution < -0.4 is 4.74 Å². The molecular formula is C19H15F3N4O. The molecule has 0 aliphatic heterocycles. The van der Waals surface area contributed by atoms with Gasteiger partial charge in [0.15, 0.2) is 5.69 Å². The minimum Gasteiger partial charge on any atom is -0.489 e. The normalized spacial score (nSPS) is 11.2. The summed E-state index contributed by atoms with van der Waals surface area (Å²) in [5.74, 6) is 0.638. The third kappa shape index (κ3) is 4.64. The lowest BCUT2D eigenvalue weighted by Gasteiger charge is -2.12. The molecule has 1 aromatic heterocycles. The van der Waals surface area contributed by atoms with Gasteiger partial charge in [-0.05, 0) is 42.2 Å². The zero-order chi connectivity index (χ0) is 19.3. The van der Waals surface area contributed by atoms with Crippen LogP contribution in [0.3, 0.4) is 0 Å². The first-order chi connectivity index (χ1) is 13.0. The maximum atomic E-state index is 12.6. The summed E-state index contributed by atoms with van der Waals surface area (Å²) in [6.45, 7) is 0.155. The lowest BCUT2D eigenvalue weighted by Crippen LogP contribution is -2.05. The summed E-state index contributed by atoms with van der Waals surface area (Å²) in [6, 6.07) is 14.2. The molecule has 5 nitrogen and oxygen atoms in total. The van der Waals surface area contributed by atoms with Crippen LogP contribution in [-0.4, -0.2) is 15.4 Å². The molecule has 0 unspecified atom stereocenters. The van der Waals surface area contributed by atoms with E-state index in [0.717, 1.165) is 17.7 Å². The highest BCUT2D eigenvalue weighted by Gasteiger charge is 2.29. The lowest BCUT2D eigenvalue weighted by molar-refractivity contribution is -0.137. The van der Waals surface area contributed by atoms with E-state index in [0.29, 0.717) is 29.8 Å². The molecule has 1 heterocycles. The molecule has 0 fully saturated rings. The summed E-state index contributed by atoms with van der Waals surface area (Å²) in [7, 11) is 0. The van der Waals surface area contributed by atoms with Crippen LogP contribution >= 0.6 is 0 Å². The Labute approximate surface area is 153 Å². The van der Waals surface area contributed by atoms with Gasteiger partial charge >= 0.3 is 6.18 Å². The monoisotopic (exact) mass is 372 g/mol. The highest BCUT2D eigenvalue weighted by Crippen LogP contribution is 2.29. The van der Waals surface area contributed by atoms with E-state index >= 15 is 0 Å². The van der Waals surface area contributed by atoms with Crippen molar-refractivity contribution in [1.82, 2.24) is 15.4 Å². The number of hydrogen-bond acceptors (Lipinski definition) is 4. The number of H-pyrrole nitrogens is 1. The Morgan fingerprint density at radius 1 is 1.00 bits per heavy atom. The van der Waals surface area contributed by atoms with Gasteiger partial charge in [0.2, 0.25) is 0 Å². The second-order valence-corrected chi connectivity index (χ2v) is 5.82. The summed E-state index contributed by atoms with van der Waals surface area (Å²) < 4.78 is 43.6. The molecule has 0 amide bonds. The minimum atomic E-state index is -4.35. The van der Waals surface area contributed by atoms with Crippen molar-refractivity contribution in [2.24, 2.45) is 0 Å². The predicted octanol–water partition coefficient (Wildman–Crippen LogP) is 4.06. The number of alkyl halides is 3. The quantitative estimate of drug-likeness (QED) is 0.708. The SMILES string of the molecule is N#Cc1n[nH]nc1CCc1ccccc1OCc1ccc(C(F)(F)F)cc1. The van der Waals surface area contributed by atoms with Crippen molar-refractivity contribution >= 4 is 0 Å². The zero-order valence-corrected chi connectivity index (χ0v) is 14.1. The van der Waals surface area contributed by atoms with E-state index in [2.05, 4.69) is 15.4 Å². The molecule has 0 saturated carbocycles. The molecular weight excluding hydrogens is 357 g/mol. The lowest BCUT2D eigenvalue weighted by atomic mass is 10.1. The standard InChI is InChI=1S/C19H15F3N4O/c20-19(21,22)15-8-5-13(6-9-15)12-27-18-4-2-1-3-14(18)7-10-16-17(11-23)25-26-24-16/h1-6,8-9H,7,10,12H2,(H,24,25,26). The Morgan fingerprint density at radius 3 is 2.44 bits per heavy atom. The molecule has 0 bridgehead atoms. The van der Waals surface area contributed by atoms with Crippen molar-refractivity contribution in [3.05, 3.63) is 76.6 Å². The summed E-state index contributed by atoms with van der Waals surface area (Å²) in [5.41, 5.74) is 1.71. The molecule has 3 rings (SSSR count). The number of rotatable bonds is 6. The molecule has 0 saturated heterocycles. The van der Waals surface area contributed by atoms with Gasteiger partial charge in [-0.1, -0.05) is 30.3 Å². The average molecular weight is 372 g/mol. The van der Waals surface area contributed by atoms with Gasteiger partial charge in [-0.15, -0.1) is 5.10 Å². The molecule has 8 heteroatoms. The van der Waals surface area contributed by atoms with Gasteiger partial charge in [0.25, 0.3) is 0 Å². The van der Waals surface area contributed by atoms with E-state index in [-0.39, 0.29) is 12.3 Å². The van der Waals surface area contributed by atoms with Crippen LogP contribution in [0.1, 0.15) is 28.1 Å². The Morgan fingerprint density at radius 2 is 1.74 bits per heavy atom. The van der Waals surface area contributed by atoms with Crippen molar-refractivity contribution in [1.29, 1.82) is 5.26 Å². The number of benzene rings is 2. The van der Waals surface area contributed by atoms with E-state index < -0.39 is 11.7 Å². The fourth-order valence-electron chi connectivity index (χ4n) is 2.57. The van der Waals surface area contributed by atoms with Crippen LogP contribution in [0.15, 0.2) is 48.5 Å². The molecule has 0 atom stereocenters. The number of halogens is 3. The van der Waals surface area contributed by atoms with Gasteiger partial charge in [-0.3, -0.25) is 0 Å². The van der Waals surface area contributed by atoms with Crippen LogP contribution in [0.2, 0.25) is 0 Å². The van der Waals surface area contributed by atoms with Crippen LogP contribution in [0.4, 0.5) is 13.2 Å². The molecule has 0 aliphatic rings. The highest BCUT2D eigenvalue weighted by molar-refractivity contribution is 5.35. The average Bonchev–Trinajstić information content (AvgIpc) is 3.12. The first-order valence-electron chi connectivity index (χ1n) is 8.14. The van der Waals surface area contributed by atoms with Gasteiger partial charge in [-0.25, -0.2) is 0 Å². The molecule has 1 N–H and O–H groups in total. The van der Waals surface area contributed by atoms with Crippen LogP contribution in [-0.2, 0) is 25.6 Å². The molecule has 0 aliphatic carbocycles. The second-order valence-electron chi connectivity index (χ2n) is 5.82. The number of nitrogens with one attached hydrogen (secondary N) is 1. The van der Waals surface area contributed by atoms with Gasteiger partial charge in [0.1, 0.15) is 24.1 Å². The molecule has 27 heavy (non-hydrogen) atoms. The summed E-state index contributed by atoms with van der Waals surface area (Å²) in [6.07, 6.45) is -3.25. The third-order valence-corrected chi connectivity index (χ3v) is 4.01. The third-order valence-electron chi connectivity index (χ3n) is 4.01. The maximum Gasteiger partial charge on any atom is 0.416 e. The first-order valence-corrected chi connectivity index (χ1v) is 8.14. The smallest absolute Gasteiger partial charge is 0.416 e. The highest BCUT2D eigenvalue weighted by atomic mass is 19.4. The number of hydrogen-bond donors (Lipinski definition) is 1. The van der Waals surface area contributed by atoms with Crippen LogP contribution in [0.5, 0.6) is 5.75 Å². The fraction of sp³-hybridized carbons (Fsp3) is 0.211. The van der Waals surface area contributed by atoms with E-state index in [1.807, 2.05) is 24.3 Å². The fourth-order valence-corrected chi connectivity index (χ4v) is 2.57. The Hall–Kier alpha value is -3.34. The van der Waals surface area contributed by atoms with Crippen molar-refractivity contribution in [3.63, 3.8) is 0 Å². The van der Waals surface area contributed by atoms with Gasteiger partial charge in [0.05, 0.1) is 5.56 Å². The van der Waals surface area contributed by atoms with E-state index in [4.69, 9.17) is 10.00 Å². The van der Waals surface area contributed by atoms with E-state index in [1.54, 1.807) is 6.07 Å². The summed E-state index contributed by atoms with van der Waals surface area (Å²) in [4.78, 5) is 0. The molecule has 0 spiro atoms. The van der Waals surface area contributed by atoms with Crippen molar-refractivity contribution < 1.29 is 17.9 Å². The number of nitrogens with zero attached hydrogens (tertiary/aromatic N) is 3. The van der Waals surface area contributed by atoms with Crippen LogP contribution in [0, 0.1) is 11.3 Å². The summed E-state index contributed by atoms with van der Waals surface area (Å²) in [5, 5.41) is 19.1. The Kier molecular flexibility index (Phi) is 5.41. The Balaban J connectivity index is 1.65. The van der Waals surface area contributed by atoms with E-state index in [1.165, 1.54) is 12.1 Å². The van der Waals surface area contributed by atoms with Gasteiger partial charge < -0.3 is 4.74 Å². The molecule has 2 aromatic carbocycles. The van der Waals surface area contributed by atoms with Crippen LogP contribution in [0.25, 0.3) is 0 Å². The largest absolute Gasteiger partial charge is 0.489 e. The van der Waals surface area contributed by atoms with Gasteiger partial charge in [0, 0.05) is 0 Å². The number of aromatic amines is 1.